The number of carbonyl (C=O) groups is 2. The summed E-state index contributed by atoms with van der Waals surface area (Å²) in [5.41, 5.74) is 1.14. The predicted octanol–water partition coefficient (Wildman–Crippen LogP) is 0.850. The van der Waals surface area contributed by atoms with E-state index in [-0.39, 0.29) is 17.9 Å². The van der Waals surface area contributed by atoms with Gasteiger partial charge in [-0.1, -0.05) is 30.3 Å². The molecule has 0 bridgehead atoms. The summed E-state index contributed by atoms with van der Waals surface area (Å²) in [6.45, 7) is 1.48. The largest absolute Gasteiger partial charge is 0.463 e. The van der Waals surface area contributed by atoms with Crippen LogP contribution in [0.15, 0.2) is 41.6 Å². The van der Waals surface area contributed by atoms with Gasteiger partial charge in [0, 0.05) is 0 Å². The van der Waals surface area contributed by atoms with E-state index in [0.29, 0.717) is 0 Å². The Bertz CT molecular complexity index is 539. The fourth-order valence-electron chi connectivity index (χ4n) is 2.09. The summed E-state index contributed by atoms with van der Waals surface area (Å²) < 4.78 is 5.00. The molecule has 3 N–H and O–H groups in total. The second-order valence-electron chi connectivity index (χ2n) is 4.21. The molecule has 2 rings (SSSR count). The highest BCUT2D eigenvalue weighted by Gasteiger charge is 2.33. The minimum atomic E-state index is -0.633. The molecule has 0 aliphatic carbocycles. The van der Waals surface area contributed by atoms with Crippen molar-refractivity contribution in [3.05, 3.63) is 47.2 Å². The zero-order valence-corrected chi connectivity index (χ0v) is 11.1. The van der Waals surface area contributed by atoms with Crippen LogP contribution in [-0.2, 0) is 9.53 Å². The summed E-state index contributed by atoms with van der Waals surface area (Å²) in [7, 11) is 0. The summed E-state index contributed by atoms with van der Waals surface area (Å²) in [4.78, 5) is 23.7. The van der Waals surface area contributed by atoms with Gasteiger partial charge in [0.2, 0.25) is 0 Å². The van der Waals surface area contributed by atoms with Crippen molar-refractivity contribution in [1.29, 1.82) is 0 Å². The van der Waals surface area contributed by atoms with Gasteiger partial charge in [-0.25, -0.2) is 9.59 Å². The van der Waals surface area contributed by atoms with Crippen LogP contribution in [0.3, 0.4) is 0 Å². The van der Waals surface area contributed by atoms with E-state index in [9.17, 15) is 14.7 Å². The molecule has 6 nitrogen and oxygen atoms in total. The highest BCUT2D eigenvalue weighted by molar-refractivity contribution is 5.95. The van der Waals surface area contributed by atoms with E-state index in [2.05, 4.69) is 10.6 Å². The Labute approximate surface area is 116 Å². The smallest absolute Gasteiger partial charge is 0.338 e. The molecule has 1 heterocycles. The molecule has 0 fully saturated rings. The Morgan fingerprint density at radius 3 is 2.65 bits per heavy atom. The van der Waals surface area contributed by atoms with Gasteiger partial charge in [0.1, 0.15) is 0 Å². The Balaban J connectivity index is 2.46. The third kappa shape index (κ3) is 2.80. The van der Waals surface area contributed by atoms with Crippen molar-refractivity contribution in [3.8, 4) is 0 Å². The van der Waals surface area contributed by atoms with Crippen molar-refractivity contribution in [1.82, 2.24) is 10.6 Å². The Hall–Kier alpha value is -2.34. The SMILES string of the molecule is CCOC(=O)C1=C(CO)NC(=O)N[C@H]1c1ccccc1. The molecule has 1 aliphatic rings. The third-order valence-electron chi connectivity index (χ3n) is 2.94. The average molecular weight is 276 g/mol. The van der Waals surface area contributed by atoms with Crippen molar-refractivity contribution < 1.29 is 19.4 Å². The molecule has 1 atom stereocenters. The van der Waals surface area contributed by atoms with E-state index in [1.54, 1.807) is 19.1 Å². The molecule has 0 spiro atoms. The second-order valence-corrected chi connectivity index (χ2v) is 4.21. The molecule has 106 valence electrons. The summed E-state index contributed by atoms with van der Waals surface area (Å²) >= 11 is 0. The van der Waals surface area contributed by atoms with Gasteiger partial charge in [-0.05, 0) is 12.5 Å². The number of urea groups is 1. The van der Waals surface area contributed by atoms with Gasteiger partial charge in [-0.2, -0.15) is 0 Å². The zero-order valence-electron chi connectivity index (χ0n) is 11.1. The van der Waals surface area contributed by atoms with Gasteiger partial charge >= 0.3 is 12.0 Å². The molecule has 0 saturated heterocycles. The minimum Gasteiger partial charge on any atom is -0.463 e. The molecule has 0 radical (unpaired) electrons. The van der Waals surface area contributed by atoms with Crippen LogP contribution in [0.5, 0.6) is 0 Å². The molecule has 0 aromatic heterocycles. The van der Waals surface area contributed by atoms with Crippen molar-refractivity contribution in [3.63, 3.8) is 0 Å². The van der Waals surface area contributed by atoms with Crippen LogP contribution in [-0.4, -0.2) is 30.3 Å². The lowest BCUT2D eigenvalue weighted by molar-refractivity contribution is -0.139. The Morgan fingerprint density at radius 2 is 2.05 bits per heavy atom. The van der Waals surface area contributed by atoms with E-state index >= 15 is 0 Å². The number of esters is 1. The van der Waals surface area contributed by atoms with Gasteiger partial charge in [-0.15, -0.1) is 0 Å². The Morgan fingerprint density at radius 1 is 1.35 bits per heavy atom. The monoisotopic (exact) mass is 276 g/mol. The lowest BCUT2D eigenvalue weighted by atomic mass is 9.95. The van der Waals surface area contributed by atoms with E-state index in [0.717, 1.165) is 5.56 Å². The fraction of sp³-hybridized carbons (Fsp3) is 0.286. The number of nitrogens with one attached hydrogen (secondary N) is 2. The molecule has 0 unspecified atom stereocenters. The lowest BCUT2D eigenvalue weighted by Gasteiger charge is -2.28. The summed E-state index contributed by atoms with van der Waals surface area (Å²) in [5.74, 6) is -0.557. The number of amides is 2. The maximum atomic E-state index is 12.1. The molecular formula is C14H16N2O4. The summed E-state index contributed by atoms with van der Waals surface area (Å²) in [5, 5.41) is 14.5. The standard InChI is InChI=1S/C14H16N2O4/c1-2-20-13(18)11-10(8-17)15-14(19)16-12(11)9-6-4-3-5-7-9/h3-7,12,17H,2,8H2,1H3,(H2,15,16,19)/t12-/m0/s1. The Kier molecular flexibility index (Phi) is 4.37. The van der Waals surface area contributed by atoms with E-state index in [1.165, 1.54) is 0 Å². The summed E-state index contributed by atoms with van der Waals surface area (Å²) in [6.07, 6.45) is 0. The maximum absolute atomic E-state index is 12.1. The topological polar surface area (TPSA) is 87.7 Å². The molecule has 20 heavy (non-hydrogen) atoms. The van der Waals surface area contributed by atoms with Crippen LogP contribution >= 0.6 is 0 Å². The van der Waals surface area contributed by atoms with Crippen LogP contribution in [0, 0.1) is 0 Å². The molecule has 1 aromatic rings. The molecule has 6 heteroatoms. The van der Waals surface area contributed by atoms with Gasteiger partial charge in [0.05, 0.1) is 30.5 Å². The van der Waals surface area contributed by atoms with E-state index in [1.807, 2.05) is 18.2 Å². The van der Waals surface area contributed by atoms with Crippen LogP contribution in [0.25, 0.3) is 0 Å². The van der Waals surface area contributed by atoms with Crippen molar-refractivity contribution in [2.45, 2.75) is 13.0 Å². The first-order valence-electron chi connectivity index (χ1n) is 6.30. The van der Waals surface area contributed by atoms with E-state index < -0.39 is 24.6 Å². The average Bonchev–Trinajstić information content (AvgIpc) is 2.47. The van der Waals surface area contributed by atoms with Crippen LogP contribution in [0.4, 0.5) is 4.79 Å². The lowest BCUT2D eigenvalue weighted by Crippen LogP contribution is -2.46. The highest BCUT2D eigenvalue weighted by atomic mass is 16.5. The number of benzene rings is 1. The molecule has 1 aromatic carbocycles. The fourth-order valence-corrected chi connectivity index (χ4v) is 2.09. The number of aliphatic hydroxyl groups excluding tert-OH is 1. The van der Waals surface area contributed by atoms with Crippen LogP contribution < -0.4 is 10.6 Å². The number of carbonyl (C=O) groups excluding carboxylic acids is 2. The van der Waals surface area contributed by atoms with Gasteiger partial charge in [0.25, 0.3) is 0 Å². The number of aliphatic hydroxyl groups is 1. The number of rotatable bonds is 4. The second kappa shape index (κ2) is 6.21. The highest BCUT2D eigenvalue weighted by Crippen LogP contribution is 2.27. The van der Waals surface area contributed by atoms with Crippen molar-refractivity contribution >= 4 is 12.0 Å². The normalized spacial score (nSPS) is 18.3. The van der Waals surface area contributed by atoms with Gasteiger partial charge in [-0.3, -0.25) is 0 Å². The maximum Gasteiger partial charge on any atom is 0.338 e. The van der Waals surface area contributed by atoms with Crippen LogP contribution in [0.1, 0.15) is 18.5 Å². The zero-order chi connectivity index (χ0) is 14.5. The molecule has 2 amide bonds. The molecular weight excluding hydrogens is 260 g/mol. The van der Waals surface area contributed by atoms with Gasteiger partial charge < -0.3 is 20.5 Å². The number of ether oxygens (including phenoxy) is 1. The minimum absolute atomic E-state index is 0.168. The molecule has 0 saturated carbocycles. The first kappa shape index (κ1) is 14.1. The van der Waals surface area contributed by atoms with E-state index in [4.69, 9.17) is 4.74 Å². The quantitative estimate of drug-likeness (QED) is 0.711. The first-order valence-corrected chi connectivity index (χ1v) is 6.30. The van der Waals surface area contributed by atoms with Crippen LogP contribution in [0.2, 0.25) is 0 Å². The van der Waals surface area contributed by atoms with Crippen molar-refractivity contribution in [2.75, 3.05) is 13.2 Å². The third-order valence-corrected chi connectivity index (χ3v) is 2.94. The number of hydrogen-bond acceptors (Lipinski definition) is 4. The first-order chi connectivity index (χ1) is 9.67. The molecule has 1 aliphatic heterocycles. The predicted molar refractivity (Wildman–Crippen MR) is 71.6 cm³/mol. The summed E-state index contributed by atoms with van der Waals surface area (Å²) in [6, 6.07) is 7.96. The van der Waals surface area contributed by atoms with Crippen molar-refractivity contribution in [2.24, 2.45) is 0 Å². The van der Waals surface area contributed by atoms with Gasteiger partial charge in [0.15, 0.2) is 0 Å². The number of hydrogen-bond donors (Lipinski definition) is 3.